The van der Waals surface area contributed by atoms with Crippen molar-refractivity contribution in [1.29, 1.82) is 0 Å². The van der Waals surface area contributed by atoms with E-state index in [9.17, 15) is 9.59 Å². The summed E-state index contributed by atoms with van der Waals surface area (Å²) in [4.78, 5) is 23.6. The SMILES string of the molecule is CCCCCOc1ccc(C(=O)Nc2ccc(CCC(=O)NC)cc2)cc1. The maximum Gasteiger partial charge on any atom is 0.255 e. The Morgan fingerprint density at radius 3 is 2.30 bits per heavy atom. The quantitative estimate of drug-likeness (QED) is 0.618. The van der Waals surface area contributed by atoms with Gasteiger partial charge in [0, 0.05) is 24.7 Å². The second-order valence-electron chi connectivity index (χ2n) is 6.40. The van der Waals surface area contributed by atoms with Gasteiger partial charge in [-0.05, 0) is 54.8 Å². The first kappa shape index (κ1) is 20.5. The van der Waals surface area contributed by atoms with E-state index in [0.717, 1.165) is 36.3 Å². The summed E-state index contributed by atoms with van der Waals surface area (Å²) in [5.74, 6) is 0.638. The Morgan fingerprint density at radius 1 is 0.963 bits per heavy atom. The monoisotopic (exact) mass is 368 g/mol. The van der Waals surface area contributed by atoms with Crippen LogP contribution in [-0.4, -0.2) is 25.5 Å². The van der Waals surface area contributed by atoms with Gasteiger partial charge in [0.1, 0.15) is 5.75 Å². The molecule has 0 aliphatic heterocycles. The second kappa shape index (κ2) is 11.0. The van der Waals surface area contributed by atoms with Gasteiger partial charge in [-0.1, -0.05) is 31.9 Å². The van der Waals surface area contributed by atoms with E-state index in [1.165, 1.54) is 0 Å². The first-order chi connectivity index (χ1) is 13.1. The molecule has 2 aromatic carbocycles. The highest BCUT2D eigenvalue weighted by atomic mass is 16.5. The summed E-state index contributed by atoms with van der Waals surface area (Å²) in [7, 11) is 1.63. The van der Waals surface area contributed by atoms with Gasteiger partial charge >= 0.3 is 0 Å². The number of anilines is 1. The molecule has 0 radical (unpaired) electrons. The maximum absolute atomic E-state index is 12.4. The van der Waals surface area contributed by atoms with Crippen LogP contribution >= 0.6 is 0 Å². The number of carbonyl (C=O) groups is 2. The average Bonchev–Trinajstić information content (AvgIpc) is 2.71. The summed E-state index contributed by atoms with van der Waals surface area (Å²) in [5.41, 5.74) is 2.37. The van der Waals surface area contributed by atoms with Crippen molar-refractivity contribution in [2.45, 2.75) is 39.0 Å². The van der Waals surface area contributed by atoms with E-state index in [2.05, 4.69) is 17.6 Å². The lowest BCUT2D eigenvalue weighted by molar-refractivity contribution is -0.120. The highest BCUT2D eigenvalue weighted by Crippen LogP contribution is 2.16. The van der Waals surface area contributed by atoms with Crippen LogP contribution in [0.5, 0.6) is 5.75 Å². The molecular weight excluding hydrogens is 340 g/mol. The average molecular weight is 368 g/mol. The molecule has 144 valence electrons. The topological polar surface area (TPSA) is 67.4 Å². The third-order valence-corrected chi connectivity index (χ3v) is 4.26. The highest BCUT2D eigenvalue weighted by Gasteiger charge is 2.07. The van der Waals surface area contributed by atoms with Gasteiger partial charge in [-0.25, -0.2) is 0 Å². The Labute approximate surface area is 161 Å². The molecule has 2 N–H and O–H groups in total. The highest BCUT2D eigenvalue weighted by molar-refractivity contribution is 6.04. The maximum atomic E-state index is 12.4. The fourth-order valence-electron chi connectivity index (χ4n) is 2.59. The number of aryl methyl sites for hydroxylation is 1. The molecule has 0 unspecified atom stereocenters. The van der Waals surface area contributed by atoms with Crippen LogP contribution in [0.2, 0.25) is 0 Å². The van der Waals surface area contributed by atoms with Gasteiger partial charge in [0.15, 0.2) is 0 Å². The number of carbonyl (C=O) groups excluding carboxylic acids is 2. The molecule has 5 heteroatoms. The molecule has 2 aromatic rings. The van der Waals surface area contributed by atoms with Crippen molar-refractivity contribution >= 4 is 17.5 Å². The minimum Gasteiger partial charge on any atom is -0.494 e. The Hall–Kier alpha value is -2.82. The molecule has 0 aliphatic carbocycles. The van der Waals surface area contributed by atoms with Gasteiger partial charge < -0.3 is 15.4 Å². The van der Waals surface area contributed by atoms with Crippen molar-refractivity contribution in [3.63, 3.8) is 0 Å². The van der Waals surface area contributed by atoms with Crippen LogP contribution < -0.4 is 15.4 Å². The summed E-state index contributed by atoms with van der Waals surface area (Å²) < 4.78 is 5.66. The van der Waals surface area contributed by atoms with Crippen LogP contribution in [0, 0.1) is 0 Å². The van der Waals surface area contributed by atoms with Crippen molar-refractivity contribution in [2.75, 3.05) is 19.0 Å². The minimum atomic E-state index is -0.161. The van der Waals surface area contributed by atoms with Crippen molar-refractivity contribution in [3.05, 3.63) is 59.7 Å². The standard InChI is InChI=1S/C22H28N2O3/c1-3-4-5-16-27-20-13-9-18(10-14-20)22(26)24-19-11-6-17(7-12-19)8-15-21(25)23-2/h6-7,9-14H,3-5,8,15-16H2,1-2H3,(H,23,25)(H,24,26). The van der Waals surface area contributed by atoms with E-state index in [1.807, 2.05) is 36.4 Å². The lowest BCUT2D eigenvalue weighted by Gasteiger charge is -2.08. The number of hydrogen-bond acceptors (Lipinski definition) is 3. The van der Waals surface area contributed by atoms with Crippen molar-refractivity contribution in [2.24, 2.45) is 0 Å². The van der Waals surface area contributed by atoms with Crippen molar-refractivity contribution < 1.29 is 14.3 Å². The van der Waals surface area contributed by atoms with Crippen LogP contribution in [0.4, 0.5) is 5.69 Å². The summed E-state index contributed by atoms with van der Waals surface area (Å²) in [6.07, 6.45) is 4.49. The van der Waals surface area contributed by atoms with Crippen LogP contribution in [0.25, 0.3) is 0 Å². The Kier molecular flexibility index (Phi) is 8.36. The van der Waals surface area contributed by atoms with E-state index in [4.69, 9.17) is 4.74 Å². The molecule has 0 bridgehead atoms. The fraction of sp³-hybridized carbons (Fsp3) is 0.364. The molecule has 2 amide bonds. The number of benzene rings is 2. The molecule has 0 spiro atoms. The second-order valence-corrected chi connectivity index (χ2v) is 6.40. The van der Waals surface area contributed by atoms with Crippen LogP contribution in [0.15, 0.2) is 48.5 Å². The summed E-state index contributed by atoms with van der Waals surface area (Å²) in [5, 5.41) is 5.49. The van der Waals surface area contributed by atoms with Gasteiger partial charge in [-0.3, -0.25) is 9.59 Å². The van der Waals surface area contributed by atoms with Gasteiger partial charge in [-0.15, -0.1) is 0 Å². The van der Waals surface area contributed by atoms with Crippen LogP contribution in [0.3, 0.4) is 0 Å². The molecule has 5 nitrogen and oxygen atoms in total. The lowest BCUT2D eigenvalue weighted by Crippen LogP contribution is -2.17. The Balaban J connectivity index is 1.84. The molecular formula is C22H28N2O3. The van der Waals surface area contributed by atoms with Crippen LogP contribution in [0.1, 0.15) is 48.5 Å². The van der Waals surface area contributed by atoms with E-state index in [-0.39, 0.29) is 11.8 Å². The van der Waals surface area contributed by atoms with Gasteiger partial charge in [0.25, 0.3) is 5.91 Å². The molecule has 27 heavy (non-hydrogen) atoms. The summed E-state index contributed by atoms with van der Waals surface area (Å²) in [6, 6.07) is 14.7. The van der Waals surface area contributed by atoms with E-state index >= 15 is 0 Å². The molecule has 0 atom stereocenters. The first-order valence-electron chi connectivity index (χ1n) is 9.46. The number of hydrogen-bond donors (Lipinski definition) is 2. The number of ether oxygens (including phenoxy) is 1. The molecule has 0 heterocycles. The van der Waals surface area contributed by atoms with Gasteiger partial charge in [0.2, 0.25) is 5.91 Å². The zero-order valence-corrected chi connectivity index (χ0v) is 16.1. The lowest BCUT2D eigenvalue weighted by atomic mass is 10.1. The van der Waals surface area contributed by atoms with Gasteiger partial charge in [-0.2, -0.15) is 0 Å². The summed E-state index contributed by atoms with van der Waals surface area (Å²) >= 11 is 0. The number of unbranched alkanes of at least 4 members (excludes halogenated alkanes) is 2. The smallest absolute Gasteiger partial charge is 0.255 e. The van der Waals surface area contributed by atoms with Crippen molar-refractivity contribution in [1.82, 2.24) is 5.32 Å². The van der Waals surface area contributed by atoms with Gasteiger partial charge in [0.05, 0.1) is 6.61 Å². The first-order valence-corrected chi connectivity index (χ1v) is 9.46. The Morgan fingerprint density at radius 2 is 1.67 bits per heavy atom. The fourth-order valence-corrected chi connectivity index (χ4v) is 2.59. The predicted molar refractivity (Wildman–Crippen MR) is 108 cm³/mol. The zero-order chi connectivity index (χ0) is 19.5. The number of amides is 2. The molecule has 0 saturated carbocycles. The normalized spacial score (nSPS) is 10.3. The molecule has 0 saturated heterocycles. The molecule has 0 fully saturated rings. The third-order valence-electron chi connectivity index (χ3n) is 4.26. The van der Waals surface area contributed by atoms with E-state index < -0.39 is 0 Å². The Bertz CT molecular complexity index is 724. The van der Waals surface area contributed by atoms with E-state index in [1.54, 1.807) is 19.2 Å². The van der Waals surface area contributed by atoms with Crippen molar-refractivity contribution in [3.8, 4) is 5.75 Å². The number of nitrogens with one attached hydrogen (secondary N) is 2. The summed E-state index contributed by atoms with van der Waals surface area (Å²) in [6.45, 7) is 2.86. The largest absolute Gasteiger partial charge is 0.494 e. The number of rotatable bonds is 10. The molecule has 0 aliphatic rings. The van der Waals surface area contributed by atoms with E-state index in [0.29, 0.717) is 25.0 Å². The van der Waals surface area contributed by atoms with Crippen LogP contribution in [-0.2, 0) is 11.2 Å². The molecule has 2 rings (SSSR count). The zero-order valence-electron chi connectivity index (χ0n) is 16.1. The predicted octanol–water partition coefficient (Wildman–Crippen LogP) is 4.19. The third kappa shape index (κ3) is 7.13. The molecule has 0 aromatic heterocycles. The minimum absolute atomic E-state index is 0.0187.